The lowest BCUT2D eigenvalue weighted by molar-refractivity contribution is 0.00693. The minimum absolute atomic E-state index is 0. The fourth-order valence-corrected chi connectivity index (χ4v) is 1.90. The number of hydrogen-bond acceptors (Lipinski definition) is 3. The lowest BCUT2D eigenvalue weighted by Crippen LogP contribution is -2.44. The molecule has 0 radical (unpaired) electrons. The Labute approximate surface area is 99.2 Å². The summed E-state index contributed by atoms with van der Waals surface area (Å²) in [7, 11) is 4.21. The number of nitrogens with zero attached hydrogens (tertiary/aromatic N) is 1. The molecule has 0 unspecified atom stereocenters. The molecule has 0 bridgehead atoms. The Morgan fingerprint density at radius 3 is 2.07 bits per heavy atom. The second-order valence-corrected chi connectivity index (χ2v) is 4.05. The van der Waals surface area contributed by atoms with E-state index in [1.54, 1.807) is 0 Å². The van der Waals surface area contributed by atoms with Crippen molar-refractivity contribution in [3.8, 4) is 0 Å². The first-order valence-electron chi connectivity index (χ1n) is 4.61. The van der Waals surface area contributed by atoms with Crippen LogP contribution >= 0.6 is 24.8 Å². The molecule has 0 aromatic rings. The topological polar surface area (TPSA) is 38.5 Å². The second kappa shape index (κ2) is 7.71. The Bertz CT molecular complexity index is 139. The summed E-state index contributed by atoms with van der Waals surface area (Å²) in [6.45, 7) is 3.64. The van der Waals surface area contributed by atoms with Crippen molar-refractivity contribution in [1.29, 1.82) is 0 Å². The summed E-state index contributed by atoms with van der Waals surface area (Å²) in [4.78, 5) is 2.22. The van der Waals surface area contributed by atoms with Crippen LogP contribution in [0.3, 0.4) is 0 Å². The van der Waals surface area contributed by atoms with E-state index in [0.717, 1.165) is 39.1 Å². The predicted octanol–water partition coefficient (Wildman–Crippen LogP) is 1.15. The molecule has 0 atom stereocenters. The van der Waals surface area contributed by atoms with E-state index < -0.39 is 0 Å². The zero-order valence-electron chi connectivity index (χ0n) is 8.99. The third-order valence-electron chi connectivity index (χ3n) is 2.64. The van der Waals surface area contributed by atoms with Crippen LogP contribution in [0.4, 0.5) is 0 Å². The van der Waals surface area contributed by atoms with Gasteiger partial charge in [0.2, 0.25) is 0 Å². The van der Waals surface area contributed by atoms with Crippen molar-refractivity contribution in [1.82, 2.24) is 4.90 Å². The molecule has 1 heterocycles. The highest BCUT2D eigenvalue weighted by molar-refractivity contribution is 5.85. The van der Waals surface area contributed by atoms with Crippen LogP contribution in [-0.4, -0.2) is 45.3 Å². The SMILES string of the molecule is CN(C)CC1(CN)CCOCC1.Cl.Cl. The molecule has 0 aliphatic carbocycles. The smallest absolute Gasteiger partial charge is 0.0472 e. The van der Waals surface area contributed by atoms with Crippen molar-refractivity contribution < 1.29 is 4.74 Å². The lowest BCUT2D eigenvalue weighted by atomic mass is 9.80. The average molecular weight is 245 g/mol. The minimum atomic E-state index is 0. The quantitative estimate of drug-likeness (QED) is 0.810. The fourth-order valence-electron chi connectivity index (χ4n) is 1.90. The number of ether oxygens (including phenoxy) is 1. The highest BCUT2D eigenvalue weighted by atomic mass is 35.5. The van der Waals surface area contributed by atoms with E-state index in [9.17, 15) is 0 Å². The number of rotatable bonds is 3. The van der Waals surface area contributed by atoms with Crippen LogP contribution < -0.4 is 5.73 Å². The van der Waals surface area contributed by atoms with Crippen LogP contribution in [0.5, 0.6) is 0 Å². The van der Waals surface area contributed by atoms with Crippen LogP contribution in [0.25, 0.3) is 0 Å². The van der Waals surface area contributed by atoms with Gasteiger partial charge in [-0.2, -0.15) is 0 Å². The molecule has 1 saturated heterocycles. The van der Waals surface area contributed by atoms with Gasteiger partial charge < -0.3 is 15.4 Å². The zero-order chi connectivity index (χ0) is 9.03. The van der Waals surface area contributed by atoms with Gasteiger partial charge in [0, 0.05) is 19.8 Å². The molecule has 0 aromatic carbocycles. The van der Waals surface area contributed by atoms with Gasteiger partial charge in [0.15, 0.2) is 0 Å². The van der Waals surface area contributed by atoms with Crippen LogP contribution in [0.15, 0.2) is 0 Å². The summed E-state index contributed by atoms with van der Waals surface area (Å²) in [5, 5.41) is 0. The highest BCUT2D eigenvalue weighted by Gasteiger charge is 2.31. The fraction of sp³-hybridized carbons (Fsp3) is 1.00. The van der Waals surface area contributed by atoms with Crippen molar-refractivity contribution in [3.05, 3.63) is 0 Å². The van der Waals surface area contributed by atoms with E-state index in [1.807, 2.05) is 0 Å². The van der Waals surface area contributed by atoms with Gasteiger partial charge in [-0.25, -0.2) is 0 Å². The molecule has 2 N–H and O–H groups in total. The molecule has 0 amide bonds. The van der Waals surface area contributed by atoms with Crippen molar-refractivity contribution >= 4 is 24.8 Å². The molecule has 14 heavy (non-hydrogen) atoms. The molecule has 0 saturated carbocycles. The van der Waals surface area contributed by atoms with Gasteiger partial charge in [0.25, 0.3) is 0 Å². The zero-order valence-corrected chi connectivity index (χ0v) is 10.6. The Kier molecular flexibility index (Phi) is 9.30. The maximum Gasteiger partial charge on any atom is 0.0472 e. The highest BCUT2D eigenvalue weighted by Crippen LogP contribution is 2.29. The minimum Gasteiger partial charge on any atom is -0.381 e. The first kappa shape index (κ1) is 16.9. The number of nitrogens with two attached hydrogens (primary N) is 1. The lowest BCUT2D eigenvalue weighted by Gasteiger charge is -2.38. The molecule has 1 aliphatic rings. The van der Waals surface area contributed by atoms with Crippen molar-refractivity contribution in [2.75, 3.05) is 40.4 Å². The molecule has 88 valence electrons. The molecule has 0 spiro atoms. The van der Waals surface area contributed by atoms with Crippen molar-refractivity contribution in [2.45, 2.75) is 12.8 Å². The van der Waals surface area contributed by atoms with Gasteiger partial charge in [-0.05, 0) is 38.9 Å². The van der Waals surface area contributed by atoms with E-state index in [2.05, 4.69) is 19.0 Å². The monoisotopic (exact) mass is 244 g/mol. The Balaban J connectivity index is 0. The maximum absolute atomic E-state index is 5.80. The number of halogens is 2. The van der Waals surface area contributed by atoms with E-state index in [-0.39, 0.29) is 24.8 Å². The molecule has 3 nitrogen and oxygen atoms in total. The van der Waals surface area contributed by atoms with Crippen LogP contribution in [0.2, 0.25) is 0 Å². The Morgan fingerprint density at radius 2 is 1.71 bits per heavy atom. The molecule has 1 aliphatic heterocycles. The second-order valence-electron chi connectivity index (χ2n) is 4.05. The third-order valence-corrected chi connectivity index (χ3v) is 2.64. The summed E-state index contributed by atoms with van der Waals surface area (Å²) in [5.74, 6) is 0. The van der Waals surface area contributed by atoms with Crippen LogP contribution in [-0.2, 0) is 4.74 Å². The van der Waals surface area contributed by atoms with E-state index in [0.29, 0.717) is 5.41 Å². The van der Waals surface area contributed by atoms with Gasteiger partial charge in [0.1, 0.15) is 0 Å². The Hall–Kier alpha value is 0.460. The first-order chi connectivity index (χ1) is 5.68. The Morgan fingerprint density at radius 1 is 1.21 bits per heavy atom. The molecule has 5 heteroatoms. The normalized spacial score (nSPS) is 19.7. The van der Waals surface area contributed by atoms with Crippen molar-refractivity contribution in [3.63, 3.8) is 0 Å². The van der Waals surface area contributed by atoms with E-state index >= 15 is 0 Å². The van der Waals surface area contributed by atoms with Gasteiger partial charge in [-0.1, -0.05) is 0 Å². The summed E-state index contributed by atoms with van der Waals surface area (Å²) in [5.41, 5.74) is 6.13. The van der Waals surface area contributed by atoms with E-state index in [4.69, 9.17) is 10.5 Å². The summed E-state index contributed by atoms with van der Waals surface area (Å²) in [6.07, 6.45) is 2.23. The number of hydrogen-bond donors (Lipinski definition) is 1. The summed E-state index contributed by atoms with van der Waals surface area (Å²) < 4.78 is 5.33. The van der Waals surface area contributed by atoms with Gasteiger partial charge >= 0.3 is 0 Å². The maximum atomic E-state index is 5.80. The predicted molar refractivity (Wildman–Crippen MR) is 64.6 cm³/mol. The van der Waals surface area contributed by atoms with Crippen LogP contribution in [0.1, 0.15) is 12.8 Å². The van der Waals surface area contributed by atoms with Crippen LogP contribution in [0, 0.1) is 5.41 Å². The molecular weight excluding hydrogens is 223 g/mol. The molecule has 1 fully saturated rings. The molecular formula is C9H22Cl2N2O. The van der Waals surface area contributed by atoms with Gasteiger partial charge in [-0.3, -0.25) is 0 Å². The first-order valence-corrected chi connectivity index (χ1v) is 4.61. The van der Waals surface area contributed by atoms with Gasteiger partial charge in [-0.15, -0.1) is 24.8 Å². The molecule has 1 rings (SSSR count). The average Bonchev–Trinajstić information content (AvgIpc) is 2.05. The van der Waals surface area contributed by atoms with Crippen molar-refractivity contribution in [2.24, 2.45) is 11.1 Å². The molecule has 0 aromatic heterocycles. The largest absolute Gasteiger partial charge is 0.381 e. The standard InChI is InChI=1S/C9H20N2O.2ClH/c1-11(2)8-9(7-10)3-5-12-6-4-9;;/h3-8,10H2,1-2H3;2*1H. The third kappa shape index (κ3) is 4.80. The summed E-state index contributed by atoms with van der Waals surface area (Å²) in [6, 6.07) is 0. The summed E-state index contributed by atoms with van der Waals surface area (Å²) >= 11 is 0. The van der Waals surface area contributed by atoms with Gasteiger partial charge in [0.05, 0.1) is 0 Å². The van der Waals surface area contributed by atoms with E-state index in [1.165, 1.54) is 0 Å².